The van der Waals surface area contributed by atoms with Gasteiger partial charge in [-0.25, -0.2) is 9.97 Å². The second-order valence-electron chi connectivity index (χ2n) is 8.13. The van der Waals surface area contributed by atoms with Crippen molar-refractivity contribution in [3.63, 3.8) is 0 Å². The number of fused-ring (bicyclic) bond motifs is 1. The number of carboxylic acids is 1. The first-order valence-electron chi connectivity index (χ1n) is 11.2. The third-order valence-corrected chi connectivity index (χ3v) is 5.80. The van der Waals surface area contributed by atoms with Crippen LogP contribution in [0.25, 0.3) is 22.5 Å². The zero-order valence-electron chi connectivity index (χ0n) is 17.8. The van der Waals surface area contributed by atoms with Crippen LogP contribution in [0.2, 0.25) is 0 Å². The summed E-state index contributed by atoms with van der Waals surface area (Å²) in [6, 6.07) is 20.6. The molecule has 4 rings (SSSR count). The maximum atomic E-state index is 10.6. The molecule has 1 aliphatic heterocycles. The predicted molar refractivity (Wildman–Crippen MR) is 123 cm³/mol. The number of aromatic nitrogens is 2. The molecular formula is C26H29N3O2. The third-order valence-electron chi connectivity index (χ3n) is 5.80. The van der Waals surface area contributed by atoms with Crippen molar-refractivity contribution in [3.05, 3.63) is 72.1 Å². The Morgan fingerprint density at radius 1 is 0.806 bits per heavy atom. The van der Waals surface area contributed by atoms with Gasteiger partial charge in [0.05, 0.1) is 22.8 Å². The van der Waals surface area contributed by atoms with Crippen molar-refractivity contribution < 1.29 is 9.90 Å². The van der Waals surface area contributed by atoms with Crippen LogP contribution in [0.15, 0.2) is 60.7 Å². The minimum Gasteiger partial charge on any atom is -0.481 e. The van der Waals surface area contributed by atoms with Crippen molar-refractivity contribution in [2.45, 2.75) is 45.1 Å². The molecule has 0 spiro atoms. The summed E-state index contributed by atoms with van der Waals surface area (Å²) < 4.78 is 0. The van der Waals surface area contributed by atoms with E-state index in [1.807, 2.05) is 36.4 Å². The first-order chi connectivity index (χ1) is 15.2. The number of nitrogens with zero attached hydrogens (tertiary/aromatic N) is 3. The number of rotatable bonds is 9. The van der Waals surface area contributed by atoms with E-state index in [2.05, 4.69) is 29.2 Å². The molecule has 0 atom stereocenters. The number of carboxylic acid groups (broad SMARTS) is 1. The molecule has 2 heterocycles. The lowest BCUT2D eigenvalue weighted by molar-refractivity contribution is -0.137. The average molecular weight is 416 g/mol. The minimum atomic E-state index is -0.699. The summed E-state index contributed by atoms with van der Waals surface area (Å²) in [5, 5.41) is 8.74. The van der Waals surface area contributed by atoms with E-state index in [9.17, 15) is 4.79 Å². The smallest absolute Gasteiger partial charge is 0.303 e. The van der Waals surface area contributed by atoms with Crippen molar-refractivity contribution in [2.75, 3.05) is 13.1 Å². The molecule has 0 aliphatic carbocycles. The van der Waals surface area contributed by atoms with E-state index in [1.54, 1.807) is 0 Å². The molecule has 31 heavy (non-hydrogen) atoms. The standard InChI is InChI=1S/C26H29N3O2/c30-24(31)15-9-1-2-10-17-29-18-16-22-23(19-29)28-26(21-13-7-4-8-14-21)25(27-22)20-11-5-3-6-12-20/h3-8,11-14H,1-2,9-10,15-19H2,(H,30,31). The number of hydrogen-bond acceptors (Lipinski definition) is 4. The Labute approximate surface area is 183 Å². The molecule has 0 saturated heterocycles. The maximum absolute atomic E-state index is 10.6. The molecule has 5 heteroatoms. The largest absolute Gasteiger partial charge is 0.481 e. The van der Waals surface area contributed by atoms with Gasteiger partial charge >= 0.3 is 5.97 Å². The molecule has 1 N–H and O–H groups in total. The quantitative estimate of drug-likeness (QED) is 0.486. The first kappa shape index (κ1) is 21.2. The number of aliphatic carboxylic acids is 1. The summed E-state index contributed by atoms with van der Waals surface area (Å²) in [6.07, 6.45) is 5.11. The van der Waals surface area contributed by atoms with Gasteiger partial charge in [0.1, 0.15) is 0 Å². The number of carbonyl (C=O) groups is 1. The van der Waals surface area contributed by atoms with Gasteiger partial charge in [0.25, 0.3) is 0 Å². The summed E-state index contributed by atoms with van der Waals surface area (Å²) in [4.78, 5) is 23.3. The van der Waals surface area contributed by atoms with E-state index < -0.39 is 5.97 Å². The highest BCUT2D eigenvalue weighted by molar-refractivity contribution is 5.78. The SMILES string of the molecule is O=C(O)CCCCCCN1CCc2nc(-c3ccccc3)c(-c3ccccc3)nc2C1. The van der Waals surface area contributed by atoms with Crippen LogP contribution < -0.4 is 0 Å². The van der Waals surface area contributed by atoms with Crippen LogP contribution in [-0.4, -0.2) is 39.0 Å². The van der Waals surface area contributed by atoms with E-state index in [1.165, 1.54) is 0 Å². The summed E-state index contributed by atoms with van der Waals surface area (Å²) in [5.41, 5.74) is 6.28. The fraction of sp³-hybridized carbons (Fsp3) is 0.346. The Morgan fingerprint density at radius 3 is 2.00 bits per heavy atom. The Kier molecular flexibility index (Phi) is 7.05. The highest BCUT2D eigenvalue weighted by Gasteiger charge is 2.22. The van der Waals surface area contributed by atoms with Crippen LogP contribution in [0.4, 0.5) is 0 Å². The Hall–Kier alpha value is -3.05. The molecule has 5 nitrogen and oxygen atoms in total. The highest BCUT2D eigenvalue weighted by atomic mass is 16.4. The van der Waals surface area contributed by atoms with E-state index >= 15 is 0 Å². The lowest BCUT2D eigenvalue weighted by atomic mass is 10.0. The van der Waals surface area contributed by atoms with Crippen molar-refractivity contribution in [1.29, 1.82) is 0 Å². The molecule has 1 aliphatic rings. The molecule has 0 radical (unpaired) electrons. The Morgan fingerprint density at radius 2 is 1.39 bits per heavy atom. The molecule has 0 unspecified atom stereocenters. The van der Waals surface area contributed by atoms with Gasteiger partial charge in [0.2, 0.25) is 0 Å². The topological polar surface area (TPSA) is 66.3 Å². The fourth-order valence-corrected chi connectivity index (χ4v) is 4.14. The monoisotopic (exact) mass is 415 g/mol. The summed E-state index contributed by atoms with van der Waals surface area (Å²) in [7, 11) is 0. The number of unbranched alkanes of at least 4 members (excludes halogenated alkanes) is 3. The zero-order valence-corrected chi connectivity index (χ0v) is 17.8. The molecule has 0 saturated carbocycles. The van der Waals surface area contributed by atoms with Crippen LogP contribution in [0.5, 0.6) is 0 Å². The molecule has 0 bridgehead atoms. The van der Waals surface area contributed by atoms with Crippen LogP contribution in [-0.2, 0) is 17.8 Å². The Balaban J connectivity index is 1.49. The van der Waals surface area contributed by atoms with Crippen LogP contribution in [0, 0.1) is 0 Å². The third kappa shape index (κ3) is 5.56. The van der Waals surface area contributed by atoms with E-state index in [-0.39, 0.29) is 6.42 Å². The second kappa shape index (κ2) is 10.3. The molecule has 0 fully saturated rings. The second-order valence-corrected chi connectivity index (χ2v) is 8.13. The van der Waals surface area contributed by atoms with Crippen LogP contribution >= 0.6 is 0 Å². The first-order valence-corrected chi connectivity index (χ1v) is 11.2. The van der Waals surface area contributed by atoms with Gasteiger partial charge in [-0.2, -0.15) is 0 Å². The lowest BCUT2D eigenvalue weighted by Gasteiger charge is -2.28. The maximum Gasteiger partial charge on any atom is 0.303 e. The Bertz CT molecular complexity index is 1010. The van der Waals surface area contributed by atoms with Gasteiger partial charge in [-0.3, -0.25) is 9.69 Å². The average Bonchev–Trinajstić information content (AvgIpc) is 2.81. The van der Waals surface area contributed by atoms with Gasteiger partial charge in [-0.15, -0.1) is 0 Å². The van der Waals surface area contributed by atoms with Crippen molar-refractivity contribution >= 4 is 5.97 Å². The van der Waals surface area contributed by atoms with Gasteiger partial charge in [0.15, 0.2) is 0 Å². The molecule has 2 aromatic carbocycles. The summed E-state index contributed by atoms with van der Waals surface area (Å²) in [5.74, 6) is -0.699. The summed E-state index contributed by atoms with van der Waals surface area (Å²) in [6.45, 7) is 2.84. The summed E-state index contributed by atoms with van der Waals surface area (Å²) >= 11 is 0. The fourth-order valence-electron chi connectivity index (χ4n) is 4.14. The van der Waals surface area contributed by atoms with Gasteiger partial charge in [-0.1, -0.05) is 73.5 Å². The predicted octanol–water partition coefficient (Wildman–Crippen LogP) is 5.20. The van der Waals surface area contributed by atoms with Crippen LogP contribution in [0.1, 0.15) is 43.5 Å². The number of hydrogen-bond donors (Lipinski definition) is 1. The molecule has 3 aromatic rings. The molecule has 160 valence electrons. The molecular weight excluding hydrogens is 386 g/mol. The molecule has 1 aromatic heterocycles. The van der Waals surface area contributed by atoms with Gasteiger partial charge in [-0.05, 0) is 19.4 Å². The van der Waals surface area contributed by atoms with Gasteiger partial charge < -0.3 is 5.11 Å². The highest BCUT2D eigenvalue weighted by Crippen LogP contribution is 2.31. The minimum absolute atomic E-state index is 0.276. The van der Waals surface area contributed by atoms with Crippen molar-refractivity contribution in [2.24, 2.45) is 0 Å². The lowest BCUT2D eigenvalue weighted by Crippen LogP contribution is -2.33. The van der Waals surface area contributed by atoms with E-state index in [0.717, 1.165) is 85.6 Å². The van der Waals surface area contributed by atoms with Crippen molar-refractivity contribution in [3.8, 4) is 22.5 Å². The normalized spacial score (nSPS) is 13.7. The van der Waals surface area contributed by atoms with E-state index in [4.69, 9.17) is 15.1 Å². The van der Waals surface area contributed by atoms with Crippen LogP contribution in [0.3, 0.4) is 0 Å². The zero-order chi connectivity index (χ0) is 21.5. The van der Waals surface area contributed by atoms with Gasteiger partial charge in [0, 0.05) is 37.1 Å². The van der Waals surface area contributed by atoms with Crippen molar-refractivity contribution in [1.82, 2.24) is 14.9 Å². The number of benzene rings is 2. The molecule has 0 amide bonds. The van der Waals surface area contributed by atoms with E-state index in [0.29, 0.717) is 0 Å².